The van der Waals surface area contributed by atoms with Crippen LogP contribution in [0.5, 0.6) is 0 Å². The highest BCUT2D eigenvalue weighted by atomic mass is 15.3. The number of aryl methyl sites for hydroxylation is 1. The molecule has 0 saturated carbocycles. The third-order valence-electron chi connectivity index (χ3n) is 2.85. The minimum atomic E-state index is 0.310. The lowest BCUT2D eigenvalue weighted by Crippen LogP contribution is -2.12. The smallest absolute Gasteiger partial charge is 0.249 e. The number of hydrogen-bond donors (Lipinski definition) is 2. The molecule has 2 aromatic rings. The molecule has 0 saturated heterocycles. The van der Waals surface area contributed by atoms with Crippen molar-refractivity contribution in [3.05, 3.63) is 35.5 Å². The third kappa shape index (κ3) is 3.40. The van der Waals surface area contributed by atoms with Crippen molar-refractivity contribution in [1.82, 2.24) is 15.2 Å². The molecule has 0 spiro atoms. The number of rotatable bonds is 4. The molecule has 19 heavy (non-hydrogen) atoms. The summed E-state index contributed by atoms with van der Waals surface area (Å²) in [5.74, 6) is 1.22. The van der Waals surface area contributed by atoms with Crippen LogP contribution < -0.4 is 10.6 Å². The second kappa shape index (κ2) is 5.65. The van der Waals surface area contributed by atoms with Crippen molar-refractivity contribution in [3.63, 3.8) is 0 Å². The Labute approximate surface area is 113 Å². The SMILES string of the molecule is Cc1cccc(Nc2nncc(NC(C)C)n2)c1C. The van der Waals surface area contributed by atoms with E-state index >= 15 is 0 Å². The lowest BCUT2D eigenvalue weighted by atomic mass is 10.1. The van der Waals surface area contributed by atoms with Gasteiger partial charge in [0.05, 0.1) is 6.20 Å². The summed E-state index contributed by atoms with van der Waals surface area (Å²) >= 11 is 0. The quantitative estimate of drug-likeness (QED) is 0.881. The molecule has 5 nitrogen and oxygen atoms in total. The third-order valence-corrected chi connectivity index (χ3v) is 2.85. The van der Waals surface area contributed by atoms with Crippen molar-refractivity contribution in [2.75, 3.05) is 10.6 Å². The molecule has 1 heterocycles. The fourth-order valence-electron chi connectivity index (χ4n) is 1.73. The molecule has 0 atom stereocenters. The van der Waals surface area contributed by atoms with E-state index in [1.165, 1.54) is 11.1 Å². The Hall–Kier alpha value is -2.17. The zero-order valence-corrected chi connectivity index (χ0v) is 11.7. The molecule has 0 aliphatic heterocycles. The van der Waals surface area contributed by atoms with Gasteiger partial charge in [-0.2, -0.15) is 10.1 Å². The molecule has 100 valence electrons. The van der Waals surface area contributed by atoms with Crippen LogP contribution in [-0.4, -0.2) is 21.2 Å². The molecular formula is C14H19N5. The Balaban J connectivity index is 2.21. The van der Waals surface area contributed by atoms with Crippen LogP contribution in [0.1, 0.15) is 25.0 Å². The van der Waals surface area contributed by atoms with Crippen molar-refractivity contribution >= 4 is 17.5 Å². The van der Waals surface area contributed by atoms with Gasteiger partial charge in [-0.25, -0.2) is 0 Å². The molecule has 0 aliphatic rings. The zero-order chi connectivity index (χ0) is 13.8. The van der Waals surface area contributed by atoms with Crippen molar-refractivity contribution in [2.24, 2.45) is 0 Å². The molecular weight excluding hydrogens is 238 g/mol. The first-order valence-electron chi connectivity index (χ1n) is 6.36. The fraction of sp³-hybridized carbons (Fsp3) is 0.357. The molecule has 1 aromatic carbocycles. The standard InChI is InChI=1S/C14H19N5/c1-9(2)16-13-8-15-19-14(18-13)17-12-7-5-6-10(3)11(12)4/h5-9H,1-4H3,(H2,16,17,18,19). The second-order valence-electron chi connectivity index (χ2n) is 4.84. The maximum atomic E-state index is 4.38. The minimum Gasteiger partial charge on any atom is -0.366 e. The van der Waals surface area contributed by atoms with E-state index in [9.17, 15) is 0 Å². The van der Waals surface area contributed by atoms with E-state index in [1.807, 2.05) is 12.1 Å². The summed E-state index contributed by atoms with van der Waals surface area (Å²) in [6.07, 6.45) is 1.62. The fourth-order valence-corrected chi connectivity index (χ4v) is 1.73. The van der Waals surface area contributed by atoms with Gasteiger partial charge in [-0.1, -0.05) is 12.1 Å². The van der Waals surface area contributed by atoms with Gasteiger partial charge in [0.2, 0.25) is 5.95 Å². The monoisotopic (exact) mass is 257 g/mol. The van der Waals surface area contributed by atoms with Gasteiger partial charge < -0.3 is 10.6 Å². The first-order valence-corrected chi connectivity index (χ1v) is 6.36. The van der Waals surface area contributed by atoms with Crippen LogP contribution in [0.15, 0.2) is 24.4 Å². The van der Waals surface area contributed by atoms with E-state index in [0.717, 1.165) is 11.5 Å². The number of anilines is 3. The van der Waals surface area contributed by atoms with Crippen LogP contribution in [0.25, 0.3) is 0 Å². The lowest BCUT2D eigenvalue weighted by molar-refractivity contribution is 0.873. The predicted molar refractivity (Wildman–Crippen MR) is 77.8 cm³/mol. The summed E-state index contributed by atoms with van der Waals surface area (Å²) in [5.41, 5.74) is 3.42. The zero-order valence-electron chi connectivity index (χ0n) is 11.7. The van der Waals surface area contributed by atoms with Gasteiger partial charge in [-0.15, -0.1) is 5.10 Å². The molecule has 0 radical (unpaired) electrons. The van der Waals surface area contributed by atoms with E-state index in [-0.39, 0.29) is 0 Å². The maximum Gasteiger partial charge on any atom is 0.249 e. The predicted octanol–water partition coefficient (Wildman–Crippen LogP) is 3.05. The summed E-state index contributed by atoms with van der Waals surface area (Å²) in [4.78, 5) is 4.38. The van der Waals surface area contributed by atoms with E-state index < -0.39 is 0 Å². The number of nitrogens with zero attached hydrogens (tertiary/aromatic N) is 3. The van der Waals surface area contributed by atoms with Crippen LogP contribution in [0, 0.1) is 13.8 Å². The van der Waals surface area contributed by atoms with Gasteiger partial charge in [-0.05, 0) is 44.9 Å². The van der Waals surface area contributed by atoms with E-state index in [4.69, 9.17) is 0 Å². The normalized spacial score (nSPS) is 10.6. The number of nitrogens with one attached hydrogen (secondary N) is 2. The van der Waals surface area contributed by atoms with Gasteiger partial charge in [0, 0.05) is 11.7 Å². The first-order chi connectivity index (χ1) is 9.06. The molecule has 0 fully saturated rings. The van der Waals surface area contributed by atoms with E-state index in [1.54, 1.807) is 6.20 Å². The minimum absolute atomic E-state index is 0.310. The Morgan fingerprint density at radius 3 is 2.68 bits per heavy atom. The van der Waals surface area contributed by atoms with Crippen molar-refractivity contribution in [3.8, 4) is 0 Å². The molecule has 0 aliphatic carbocycles. The molecule has 0 bridgehead atoms. The number of benzene rings is 1. The van der Waals surface area contributed by atoms with Crippen LogP contribution in [0.2, 0.25) is 0 Å². The molecule has 2 N–H and O–H groups in total. The van der Waals surface area contributed by atoms with Crippen LogP contribution in [-0.2, 0) is 0 Å². The first kappa shape index (κ1) is 13.3. The molecule has 1 aromatic heterocycles. The van der Waals surface area contributed by atoms with Crippen LogP contribution in [0.3, 0.4) is 0 Å². The molecule has 0 unspecified atom stereocenters. The van der Waals surface area contributed by atoms with Gasteiger partial charge in [0.25, 0.3) is 0 Å². The summed E-state index contributed by atoms with van der Waals surface area (Å²) in [7, 11) is 0. The van der Waals surface area contributed by atoms with Crippen molar-refractivity contribution in [2.45, 2.75) is 33.7 Å². The lowest BCUT2D eigenvalue weighted by Gasteiger charge is -2.11. The van der Waals surface area contributed by atoms with Crippen molar-refractivity contribution < 1.29 is 0 Å². The van der Waals surface area contributed by atoms with Gasteiger partial charge in [0.15, 0.2) is 5.82 Å². The Morgan fingerprint density at radius 1 is 1.16 bits per heavy atom. The van der Waals surface area contributed by atoms with E-state index in [0.29, 0.717) is 12.0 Å². The summed E-state index contributed by atoms with van der Waals surface area (Å²) in [5, 5.41) is 14.4. The van der Waals surface area contributed by atoms with Gasteiger partial charge >= 0.3 is 0 Å². The van der Waals surface area contributed by atoms with E-state index in [2.05, 4.69) is 59.6 Å². The highest BCUT2D eigenvalue weighted by molar-refractivity contribution is 5.60. The second-order valence-corrected chi connectivity index (χ2v) is 4.84. The summed E-state index contributed by atoms with van der Waals surface area (Å²) in [6, 6.07) is 6.41. The Morgan fingerprint density at radius 2 is 1.95 bits per heavy atom. The average Bonchev–Trinajstić information content (AvgIpc) is 2.35. The largest absolute Gasteiger partial charge is 0.366 e. The summed E-state index contributed by atoms with van der Waals surface area (Å²) < 4.78 is 0. The number of aromatic nitrogens is 3. The average molecular weight is 257 g/mol. The highest BCUT2D eigenvalue weighted by Crippen LogP contribution is 2.21. The molecule has 0 amide bonds. The topological polar surface area (TPSA) is 62.7 Å². The summed E-state index contributed by atoms with van der Waals surface area (Å²) in [6.45, 7) is 8.26. The van der Waals surface area contributed by atoms with Gasteiger partial charge in [0.1, 0.15) is 0 Å². The maximum absolute atomic E-state index is 4.38. The van der Waals surface area contributed by atoms with Crippen molar-refractivity contribution in [1.29, 1.82) is 0 Å². The Kier molecular flexibility index (Phi) is 3.94. The van der Waals surface area contributed by atoms with Crippen LogP contribution in [0.4, 0.5) is 17.5 Å². The highest BCUT2D eigenvalue weighted by Gasteiger charge is 2.05. The molecule has 5 heteroatoms. The van der Waals surface area contributed by atoms with Gasteiger partial charge in [-0.3, -0.25) is 0 Å². The molecule has 2 rings (SSSR count). The van der Waals surface area contributed by atoms with Crippen LogP contribution >= 0.6 is 0 Å². The number of hydrogen-bond acceptors (Lipinski definition) is 5. The Bertz CT molecular complexity index is 566.